The van der Waals surface area contributed by atoms with Gasteiger partial charge in [-0.05, 0) is 31.2 Å². The molecule has 31 heavy (non-hydrogen) atoms. The molecule has 164 valence electrons. The average Bonchev–Trinajstić information content (AvgIpc) is 3.20. The Hall–Kier alpha value is -3.32. The van der Waals surface area contributed by atoms with Crippen LogP contribution in [0.15, 0.2) is 60.8 Å². The number of rotatable bonds is 9. The van der Waals surface area contributed by atoms with Crippen molar-refractivity contribution in [1.29, 1.82) is 0 Å². The van der Waals surface area contributed by atoms with Crippen LogP contribution < -0.4 is 5.32 Å². The van der Waals surface area contributed by atoms with Gasteiger partial charge >= 0.3 is 12.1 Å². The summed E-state index contributed by atoms with van der Waals surface area (Å²) in [6.45, 7) is 2.18. The molecule has 3 aromatic rings. The maximum atomic E-state index is 13.0. The number of para-hydroxylation sites is 1. The average molecular weight is 424 g/mol. The molecule has 1 unspecified atom stereocenters. The number of likely N-dealkylation sites (N-methyl/N-ethyl adjacent to an activating group) is 2. The Morgan fingerprint density at radius 2 is 1.77 bits per heavy atom. The van der Waals surface area contributed by atoms with Crippen molar-refractivity contribution in [2.24, 2.45) is 0 Å². The van der Waals surface area contributed by atoms with Gasteiger partial charge < -0.3 is 14.5 Å². The van der Waals surface area contributed by atoms with Crippen LogP contribution in [0.5, 0.6) is 0 Å². The number of aromatic amines is 1. The number of nitrogens with zero attached hydrogens (tertiary/aromatic N) is 1. The highest BCUT2D eigenvalue weighted by molar-refractivity contribution is 5.83. The number of H-pyrrole nitrogens is 1. The number of hydrogen-bond donors (Lipinski definition) is 2. The molecule has 1 amide bonds. The van der Waals surface area contributed by atoms with Gasteiger partial charge in [0.1, 0.15) is 12.3 Å². The standard InChI is InChI=1S/C24H29N3O4/c1-4-30-22(28)15-24(25-2,14-19-16-26-21-13-9-8-12-20(19)21)27(3)23(29)31-17-18-10-6-5-7-11-18/h5-13,16,25-26H,4,14-15,17H2,1-3H3. The molecule has 0 bridgehead atoms. The number of amides is 1. The molecule has 0 aliphatic carbocycles. The summed E-state index contributed by atoms with van der Waals surface area (Å²) < 4.78 is 10.7. The number of carbonyl (C=O) groups is 2. The minimum Gasteiger partial charge on any atom is -0.466 e. The number of fused-ring (bicyclic) bond motifs is 1. The summed E-state index contributed by atoms with van der Waals surface area (Å²) in [7, 11) is 3.37. The predicted molar refractivity (Wildman–Crippen MR) is 119 cm³/mol. The van der Waals surface area contributed by atoms with E-state index >= 15 is 0 Å². The molecule has 1 aromatic heterocycles. The first-order chi connectivity index (χ1) is 15.0. The fraction of sp³-hybridized carbons (Fsp3) is 0.333. The van der Waals surface area contributed by atoms with E-state index < -0.39 is 11.8 Å². The van der Waals surface area contributed by atoms with Crippen LogP contribution in [0.1, 0.15) is 24.5 Å². The molecule has 0 saturated carbocycles. The lowest BCUT2D eigenvalue weighted by atomic mass is 9.94. The number of esters is 1. The fourth-order valence-corrected chi connectivity index (χ4v) is 3.68. The van der Waals surface area contributed by atoms with Crippen LogP contribution in [0.2, 0.25) is 0 Å². The molecule has 0 fully saturated rings. The smallest absolute Gasteiger partial charge is 0.411 e. The molecule has 0 aliphatic heterocycles. The van der Waals surface area contributed by atoms with E-state index in [4.69, 9.17) is 9.47 Å². The van der Waals surface area contributed by atoms with Gasteiger partial charge in [-0.25, -0.2) is 4.79 Å². The van der Waals surface area contributed by atoms with E-state index in [1.165, 1.54) is 4.90 Å². The number of hydrogen-bond acceptors (Lipinski definition) is 5. The Labute approximate surface area is 182 Å². The number of nitrogens with one attached hydrogen (secondary N) is 2. The fourth-order valence-electron chi connectivity index (χ4n) is 3.68. The summed E-state index contributed by atoms with van der Waals surface area (Å²) >= 11 is 0. The molecular formula is C24H29N3O4. The van der Waals surface area contributed by atoms with E-state index in [9.17, 15) is 9.59 Å². The third-order valence-corrected chi connectivity index (χ3v) is 5.49. The Morgan fingerprint density at radius 3 is 2.48 bits per heavy atom. The van der Waals surface area contributed by atoms with Crippen molar-refractivity contribution in [3.63, 3.8) is 0 Å². The highest BCUT2D eigenvalue weighted by atomic mass is 16.6. The van der Waals surface area contributed by atoms with Crippen LogP contribution in [0.25, 0.3) is 10.9 Å². The summed E-state index contributed by atoms with van der Waals surface area (Å²) in [6.07, 6.45) is 1.75. The van der Waals surface area contributed by atoms with Crippen LogP contribution in [0, 0.1) is 0 Å². The lowest BCUT2D eigenvalue weighted by Gasteiger charge is -2.40. The number of carbonyl (C=O) groups excluding carboxylic acids is 2. The van der Waals surface area contributed by atoms with Crippen molar-refractivity contribution in [2.75, 3.05) is 20.7 Å². The van der Waals surface area contributed by atoms with Gasteiger partial charge in [0, 0.05) is 30.6 Å². The molecule has 3 rings (SSSR count). The van der Waals surface area contributed by atoms with E-state index in [2.05, 4.69) is 10.3 Å². The Balaban J connectivity index is 1.86. The SMILES string of the molecule is CCOC(=O)CC(Cc1c[nH]c2ccccc12)(NC)N(C)C(=O)OCc1ccccc1. The summed E-state index contributed by atoms with van der Waals surface area (Å²) in [5.74, 6) is -0.389. The third kappa shape index (κ3) is 5.24. The Kier molecular flexibility index (Phi) is 7.31. The van der Waals surface area contributed by atoms with E-state index in [1.807, 2.05) is 60.8 Å². The first-order valence-electron chi connectivity index (χ1n) is 10.3. The molecule has 1 atom stereocenters. The molecule has 2 aromatic carbocycles. The molecular weight excluding hydrogens is 394 g/mol. The van der Waals surface area contributed by atoms with Gasteiger partial charge in [-0.3, -0.25) is 15.0 Å². The molecule has 0 aliphatic rings. The van der Waals surface area contributed by atoms with Crippen molar-refractivity contribution in [1.82, 2.24) is 15.2 Å². The van der Waals surface area contributed by atoms with Crippen LogP contribution >= 0.6 is 0 Å². The zero-order chi connectivity index (χ0) is 22.3. The second kappa shape index (κ2) is 10.1. The summed E-state index contributed by atoms with van der Waals surface area (Å²) in [4.78, 5) is 30.1. The molecule has 1 heterocycles. The third-order valence-electron chi connectivity index (χ3n) is 5.49. The van der Waals surface area contributed by atoms with Crippen molar-refractivity contribution >= 4 is 23.0 Å². The lowest BCUT2D eigenvalue weighted by molar-refractivity contribution is -0.146. The van der Waals surface area contributed by atoms with Crippen LogP contribution in [0.4, 0.5) is 4.79 Å². The minimum absolute atomic E-state index is 0.0201. The van der Waals surface area contributed by atoms with Gasteiger partial charge in [-0.1, -0.05) is 48.5 Å². The van der Waals surface area contributed by atoms with Crippen molar-refractivity contribution in [2.45, 2.75) is 32.0 Å². The van der Waals surface area contributed by atoms with Crippen molar-refractivity contribution in [3.8, 4) is 0 Å². The lowest BCUT2D eigenvalue weighted by Crippen LogP contribution is -2.61. The molecule has 7 nitrogen and oxygen atoms in total. The maximum absolute atomic E-state index is 13.0. The normalized spacial score (nSPS) is 12.9. The van der Waals surface area contributed by atoms with E-state index in [0.29, 0.717) is 6.42 Å². The van der Waals surface area contributed by atoms with Gasteiger partial charge in [0.15, 0.2) is 0 Å². The predicted octanol–water partition coefficient (Wildman–Crippen LogP) is 3.85. The summed E-state index contributed by atoms with van der Waals surface area (Å²) in [5.41, 5.74) is 1.84. The quantitative estimate of drug-likeness (QED) is 0.403. The van der Waals surface area contributed by atoms with Crippen LogP contribution in [-0.2, 0) is 27.3 Å². The highest BCUT2D eigenvalue weighted by Crippen LogP contribution is 2.27. The molecule has 0 radical (unpaired) electrons. The van der Waals surface area contributed by atoms with Crippen LogP contribution in [-0.4, -0.2) is 48.3 Å². The van der Waals surface area contributed by atoms with Gasteiger partial charge in [-0.2, -0.15) is 0 Å². The van der Waals surface area contributed by atoms with Gasteiger partial charge in [0.05, 0.1) is 13.0 Å². The zero-order valence-corrected chi connectivity index (χ0v) is 18.2. The minimum atomic E-state index is -1.02. The van der Waals surface area contributed by atoms with Gasteiger partial charge in [0.2, 0.25) is 0 Å². The maximum Gasteiger partial charge on any atom is 0.411 e. The molecule has 7 heteroatoms. The first-order valence-corrected chi connectivity index (χ1v) is 10.3. The molecule has 0 spiro atoms. The van der Waals surface area contributed by atoms with Crippen molar-refractivity contribution in [3.05, 3.63) is 71.9 Å². The topological polar surface area (TPSA) is 83.7 Å². The van der Waals surface area contributed by atoms with E-state index in [-0.39, 0.29) is 25.6 Å². The van der Waals surface area contributed by atoms with E-state index in [0.717, 1.165) is 22.0 Å². The largest absolute Gasteiger partial charge is 0.466 e. The zero-order valence-electron chi connectivity index (χ0n) is 18.2. The van der Waals surface area contributed by atoms with Gasteiger partial charge in [0.25, 0.3) is 0 Å². The number of benzene rings is 2. The van der Waals surface area contributed by atoms with E-state index in [1.54, 1.807) is 21.0 Å². The summed E-state index contributed by atoms with van der Waals surface area (Å²) in [6, 6.07) is 17.4. The Morgan fingerprint density at radius 1 is 1.06 bits per heavy atom. The Bertz CT molecular complexity index is 1020. The van der Waals surface area contributed by atoms with Crippen molar-refractivity contribution < 1.29 is 19.1 Å². The first kappa shape index (κ1) is 22.4. The van der Waals surface area contributed by atoms with Gasteiger partial charge in [-0.15, -0.1) is 0 Å². The second-order valence-electron chi connectivity index (χ2n) is 7.40. The number of aromatic nitrogens is 1. The van der Waals surface area contributed by atoms with Crippen LogP contribution in [0.3, 0.4) is 0 Å². The number of ether oxygens (including phenoxy) is 2. The molecule has 0 saturated heterocycles. The second-order valence-corrected chi connectivity index (χ2v) is 7.40. The monoisotopic (exact) mass is 423 g/mol. The highest BCUT2D eigenvalue weighted by Gasteiger charge is 2.40. The molecule has 2 N–H and O–H groups in total. The summed E-state index contributed by atoms with van der Waals surface area (Å²) in [5, 5.41) is 4.24.